The molecule has 1 saturated carbocycles. The van der Waals surface area contributed by atoms with E-state index in [1.807, 2.05) is 6.92 Å². The van der Waals surface area contributed by atoms with E-state index in [1.165, 1.54) is 49.0 Å². The maximum absolute atomic E-state index is 12.0. The van der Waals surface area contributed by atoms with Gasteiger partial charge in [0, 0.05) is 5.92 Å². The number of thioether (sulfide) groups is 1. The van der Waals surface area contributed by atoms with E-state index in [2.05, 4.69) is 9.36 Å². The molecule has 0 atom stereocenters. The van der Waals surface area contributed by atoms with Crippen LogP contribution >= 0.6 is 23.3 Å². The van der Waals surface area contributed by atoms with Gasteiger partial charge in [0.2, 0.25) is 5.16 Å². The van der Waals surface area contributed by atoms with Crippen LogP contribution in [0.5, 0.6) is 0 Å². The number of hydrogen-bond acceptors (Lipinski definition) is 5. The Hall–Kier alpha value is -0.420. The van der Waals surface area contributed by atoms with Crippen LogP contribution in [0.25, 0.3) is 0 Å². The lowest BCUT2D eigenvalue weighted by molar-refractivity contribution is -0.114. The number of rotatable bonds is 2. The summed E-state index contributed by atoms with van der Waals surface area (Å²) in [6, 6.07) is 0. The van der Waals surface area contributed by atoms with Gasteiger partial charge < -0.3 is 0 Å². The molecule has 16 heavy (non-hydrogen) atoms. The first kappa shape index (κ1) is 12.0. The van der Waals surface area contributed by atoms with Crippen LogP contribution in [-0.4, -0.2) is 14.5 Å². The molecule has 0 unspecified atom stereocenters. The Morgan fingerprint density at radius 1 is 1.31 bits per heavy atom. The van der Waals surface area contributed by atoms with Crippen LogP contribution in [0.3, 0.4) is 0 Å². The molecule has 0 spiro atoms. The highest BCUT2D eigenvalue weighted by atomic mass is 32.2. The first-order valence-electron chi connectivity index (χ1n) is 5.78. The van der Waals surface area contributed by atoms with Crippen LogP contribution in [0, 0.1) is 12.8 Å². The van der Waals surface area contributed by atoms with Crippen LogP contribution in [0.2, 0.25) is 0 Å². The number of aryl methyl sites for hydroxylation is 1. The Balaban J connectivity index is 1.91. The summed E-state index contributed by atoms with van der Waals surface area (Å²) in [6.07, 6.45) is 7.05. The van der Waals surface area contributed by atoms with Crippen molar-refractivity contribution in [3.05, 3.63) is 5.01 Å². The van der Waals surface area contributed by atoms with E-state index >= 15 is 0 Å². The molecule has 2 rings (SSSR count). The fraction of sp³-hybridized carbons (Fsp3) is 0.727. The molecule has 0 radical (unpaired) electrons. The summed E-state index contributed by atoms with van der Waals surface area (Å²) >= 11 is 2.59. The zero-order chi connectivity index (χ0) is 11.4. The largest absolute Gasteiger partial charge is 0.286 e. The van der Waals surface area contributed by atoms with E-state index in [0.717, 1.165) is 17.8 Å². The summed E-state index contributed by atoms with van der Waals surface area (Å²) in [4.78, 5) is 16.2. The first-order chi connectivity index (χ1) is 7.75. The van der Waals surface area contributed by atoms with Crippen LogP contribution < -0.4 is 0 Å². The van der Waals surface area contributed by atoms with E-state index in [-0.39, 0.29) is 11.0 Å². The zero-order valence-corrected chi connectivity index (χ0v) is 11.1. The highest BCUT2D eigenvalue weighted by molar-refractivity contribution is 8.13. The van der Waals surface area contributed by atoms with Crippen molar-refractivity contribution in [2.45, 2.75) is 50.6 Å². The van der Waals surface area contributed by atoms with E-state index in [1.54, 1.807) is 0 Å². The van der Waals surface area contributed by atoms with E-state index in [4.69, 9.17) is 0 Å². The number of aromatic nitrogens is 2. The second-order valence-electron chi connectivity index (χ2n) is 4.21. The minimum Gasteiger partial charge on any atom is -0.286 e. The molecule has 0 aliphatic heterocycles. The van der Waals surface area contributed by atoms with Gasteiger partial charge in [-0.05, 0) is 43.1 Å². The number of carbonyl (C=O) groups excluding carboxylic acids is 1. The van der Waals surface area contributed by atoms with Gasteiger partial charge in [0.25, 0.3) is 0 Å². The molecular formula is C11H16N2OS2. The van der Waals surface area contributed by atoms with Crippen molar-refractivity contribution in [2.24, 2.45) is 5.92 Å². The Morgan fingerprint density at radius 3 is 2.56 bits per heavy atom. The third-order valence-corrected chi connectivity index (χ3v) is 4.52. The fourth-order valence-electron chi connectivity index (χ4n) is 2.01. The van der Waals surface area contributed by atoms with Crippen molar-refractivity contribution in [1.82, 2.24) is 9.36 Å². The second kappa shape index (κ2) is 5.77. The molecule has 1 fully saturated rings. The van der Waals surface area contributed by atoms with Gasteiger partial charge in [-0.15, -0.1) is 0 Å². The Bertz CT molecular complexity index is 357. The second-order valence-corrected chi connectivity index (χ2v) is 6.13. The maximum Gasteiger partial charge on any atom is 0.207 e. The quantitative estimate of drug-likeness (QED) is 0.600. The van der Waals surface area contributed by atoms with Crippen LogP contribution in [0.15, 0.2) is 5.16 Å². The van der Waals surface area contributed by atoms with Gasteiger partial charge in [0.15, 0.2) is 5.12 Å². The van der Waals surface area contributed by atoms with Crippen molar-refractivity contribution in [3.63, 3.8) is 0 Å². The average molecular weight is 256 g/mol. The van der Waals surface area contributed by atoms with E-state index < -0.39 is 0 Å². The molecule has 0 aromatic carbocycles. The summed E-state index contributed by atoms with van der Waals surface area (Å²) in [5.74, 6) is 0.233. The molecule has 1 aromatic heterocycles. The molecule has 88 valence electrons. The lowest BCUT2D eigenvalue weighted by atomic mass is 10.0. The summed E-state index contributed by atoms with van der Waals surface area (Å²) in [5, 5.41) is 1.83. The van der Waals surface area contributed by atoms with Gasteiger partial charge in [0.1, 0.15) is 5.01 Å². The average Bonchev–Trinajstić information content (AvgIpc) is 2.56. The highest BCUT2D eigenvalue weighted by Crippen LogP contribution is 2.29. The molecule has 1 heterocycles. The normalized spacial score (nSPS) is 18.3. The molecule has 1 aliphatic carbocycles. The molecule has 0 amide bonds. The maximum atomic E-state index is 12.0. The van der Waals surface area contributed by atoms with Gasteiger partial charge in [-0.1, -0.05) is 25.7 Å². The third kappa shape index (κ3) is 3.28. The van der Waals surface area contributed by atoms with E-state index in [9.17, 15) is 4.79 Å². The molecular weight excluding hydrogens is 240 g/mol. The molecule has 5 heteroatoms. The Kier molecular flexibility index (Phi) is 4.35. The van der Waals surface area contributed by atoms with Crippen molar-refractivity contribution < 1.29 is 4.79 Å². The Labute approximate surface area is 104 Å². The summed E-state index contributed by atoms with van der Waals surface area (Å²) in [7, 11) is 0. The first-order valence-corrected chi connectivity index (χ1v) is 7.36. The highest BCUT2D eigenvalue weighted by Gasteiger charge is 2.22. The molecule has 3 nitrogen and oxygen atoms in total. The number of hydrogen-bond donors (Lipinski definition) is 0. The van der Waals surface area contributed by atoms with Crippen LogP contribution in [0.4, 0.5) is 0 Å². The molecule has 1 aliphatic rings. The summed E-state index contributed by atoms with van der Waals surface area (Å²) in [6.45, 7) is 1.91. The van der Waals surface area contributed by atoms with Crippen molar-refractivity contribution >= 4 is 28.4 Å². The van der Waals surface area contributed by atoms with Crippen molar-refractivity contribution in [3.8, 4) is 0 Å². The summed E-state index contributed by atoms with van der Waals surface area (Å²) in [5.41, 5.74) is 0. The zero-order valence-electron chi connectivity index (χ0n) is 9.44. The minimum absolute atomic E-state index is 0.233. The SMILES string of the molecule is Cc1nc(SC(=O)C2CCCCCC2)ns1. The van der Waals surface area contributed by atoms with Crippen LogP contribution in [-0.2, 0) is 4.79 Å². The van der Waals surface area contributed by atoms with Crippen LogP contribution in [0.1, 0.15) is 43.5 Å². The monoisotopic (exact) mass is 256 g/mol. The third-order valence-electron chi connectivity index (χ3n) is 2.89. The van der Waals surface area contributed by atoms with Gasteiger partial charge in [0.05, 0.1) is 0 Å². The lowest BCUT2D eigenvalue weighted by Gasteiger charge is -2.09. The predicted molar refractivity (Wildman–Crippen MR) is 66.7 cm³/mol. The number of nitrogens with zero attached hydrogens (tertiary/aromatic N) is 2. The smallest absolute Gasteiger partial charge is 0.207 e. The molecule has 1 aromatic rings. The standard InChI is InChI=1S/C11H16N2OS2/c1-8-12-11(13-16-8)15-10(14)9-6-4-2-3-5-7-9/h9H,2-7H2,1H3. The van der Waals surface area contributed by atoms with Crippen molar-refractivity contribution in [2.75, 3.05) is 0 Å². The topological polar surface area (TPSA) is 42.9 Å². The van der Waals surface area contributed by atoms with Gasteiger partial charge >= 0.3 is 0 Å². The molecule has 0 N–H and O–H groups in total. The molecule has 0 bridgehead atoms. The summed E-state index contributed by atoms with van der Waals surface area (Å²) < 4.78 is 4.15. The predicted octanol–water partition coefficient (Wildman–Crippen LogP) is 3.44. The van der Waals surface area contributed by atoms with Gasteiger partial charge in [-0.25, -0.2) is 4.98 Å². The van der Waals surface area contributed by atoms with Crippen molar-refractivity contribution in [1.29, 1.82) is 0 Å². The Morgan fingerprint density at radius 2 is 2.00 bits per heavy atom. The number of carbonyl (C=O) groups is 1. The fourth-order valence-corrected chi connectivity index (χ4v) is 3.47. The van der Waals surface area contributed by atoms with E-state index in [0.29, 0.717) is 5.16 Å². The van der Waals surface area contributed by atoms with Gasteiger partial charge in [-0.3, -0.25) is 4.79 Å². The lowest BCUT2D eigenvalue weighted by Crippen LogP contribution is -2.09. The minimum atomic E-state index is 0.233. The molecule has 0 saturated heterocycles. The van der Waals surface area contributed by atoms with Gasteiger partial charge in [-0.2, -0.15) is 4.37 Å².